The van der Waals surface area contributed by atoms with E-state index in [1.807, 2.05) is 18.6 Å². The number of nitrogens with one attached hydrogen (secondary N) is 2. The van der Waals surface area contributed by atoms with E-state index in [-0.39, 0.29) is 17.7 Å². The maximum absolute atomic E-state index is 14.3. The van der Waals surface area contributed by atoms with Crippen LogP contribution in [0.2, 0.25) is 0 Å². The second kappa shape index (κ2) is 10.8. The van der Waals surface area contributed by atoms with Crippen LogP contribution in [0.15, 0.2) is 30.3 Å². The summed E-state index contributed by atoms with van der Waals surface area (Å²) in [5, 5.41) is 11.8. The quantitative estimate of drug-likeness (QED) is 0.554. The fourth-order valence-corrected chi connectivity index (χ4v) is 3.47. The van der Waals surface area contributed by atoms with Gasteiger partial charge in [0, 0.05) is 18.3 Å². The number of aromatic nitrogens is 1. The van der Waals surface area contributed by atoms with Gasteiger partial charge in [-0.3, -0.25) is 14.5 Å². The summed E-state index contributed by atoms with van der Waals surface area (Å²) in [6, 6.07) is 7.33. The molecule has 0 aliphatic carbocycles. The first-order valence-corrected chi connectivity index (χ1v) is 11.6. The average Bonchev–Trinajstić information content (AvgIpc) is 2.71. The fraction of sp³-hybridized carbons (Fsp3) is 0.318. The second-order valence-electron chi connectivity index (χ2n) is 7.61. The third kappa shape index (κ3) is 7.42. The van der Waals surface area contributed by atoms with Crippen molar-refractivity contribution in [2.75, 3.05) is 11.0 Å². The first kappa shape index (κ1) is 24.9. The monoisotopic (exact) mass is 462 g/mol. The normalized spacial score (nSPS) is 11.5. The number of carbonyl (C=O) groups is 1. The Balaban J connectivity index is 2.13. The first-order chi connectivity index (χ1) is 15.0. The van der Waals surface area contributed by atoms with Crippen LogP contribution < -0.4 is 10.0 Å². The zero-order chi connectivity index (χ0) is 23.9. The molecule has 0 saturated heterocycles. The summed E-state index contributed by atoms with van der Waals surface area (Å²) in [7, 11) is -3.77. The highest BCUT2D eigenvalue weighted by atomic mass is 32.2. The number of nitriles is 1. The molecule has 0 radical (unpaired) electrons. The van der Waals surface area contributed by atoms with Gasteiger partial charge in [-0.25, -0.2) is 17.2 Å². The van der Waals surface area contributed by atoms with Crippen molar-refractivity contribution in [3.05, 3.63) is 64.2 Å². The van der Waals surface area contributed by atoms with E-state index >= 15 is 0 Å². The maximum Gasteiger partial charge on any atom is 0.244 e. The lowest BCUT2D eigenvalue weighted by molar-refractivity contribution is -0.116. The number of carbonyl (C=O) groups excluding carboxylic acids is 1. The van der Waals surface area contributed by atoms with Gasteiger partial charge in [-0.1, -0.05) is 19.9 Å². The molecule has 2 aromatic rings. The van der Waals surface area contributed by atoms with Crippen molar-refractivity contribution >= 4 is 27.7 Å². The molecule has 1 aromatic heterocycles. The summed E-state index contributed by atoms with van der Waals surface area (Å²) in [5.41, 5.74) is 1.36. The largest absolute Gasteiger partial charge is 0.348 e. The van der Waals surface area contributed by atoms with Gasteiger partial charge in [0.1, 0.15) is 24.2 Å². The van der Waals surface area contributed by atoms with E-state index in [2.05, 4.69) is 10.3 Å². The molecule has 7 nitrogen and oxygen atoms in total. The smallest absolute Gasteiger partial charge is 0.244 e. The first-order valence-electron chi connectivity index (χ1n) is 9.73. The lowest BCUT2D eigenvalue weighted by Crippen LogP contribution is -2.21. The van der Waals surface area contributed by atoms with Gasteiger partial charge in [-0.2, -0.15) is 5.26 Å². The summed E-state index contributed by atoms with van der Waals surface area (Å²) in [6.07, 6.45) is 4.33. The molecule has 10 heteroatoms. The van der Waals surface area contributed by atoms with E-state index in [4.69, 9.17) is 0 Å². The third-order valence-corrected chi connectivity index (χ3v) is 4.82. The Hall–Kier alpha value is -3.32. The van der Waals surface area contributed by atoms with Crippen molar-refractivity contribution in [2.45, 2.75) is 33.5 Å². The van der Waals surface area contributed by atoms with Crippen LogP contribution in [0.4, 0.5) is 14.5 Å². The number of hydrogen-bond donors (Lipinski definition) is 2. The SMILES string of the molecule is CC(C)Cc1nc(CF)ccc1/C=C/C(=O)NCc1cc(F)c(NS(C)(=O)=O)c(C#N)c1. The molecule has 0 aliphatic rings. The molecule has 2 N–H and O–H groups in total. The Labute approximate surface area is 186 Å². The lowest BCUT2D eigenvalue weighted by Gasteiger charge is -2.11. The highest BCUT2D eigenvalue weighted by molar-refractivity contribution is 7.92. The van der Waals surface area contributed by atoms with Crippen LogP contribution in [0.5, 0.6) is 0 Å². The Morgan fingerprint density at radius 2 is 2.03 bits per heavy atom. The van der Waals surface area contributed by atoms with Gasteiger partial charge in [0.2, 0.25) is 15.9 Å². The molecule has 0 saturated carbocycles. The second-order valence-corrected chi connectivity index (χ2v) is 9.36. The summed E-state index contributed by atoms with van der Waals surface area (Å²) in [6.45, 7) is 3.27. The summed E-state index contributed by atoms with van der Waals surface area (Å²) in [4.78, 5) is 16.5. The van der Waals surface area contributed by atoms with Gasteiger partial charge in [0.05, 0.1) is 17.5 Å². The van der Waals surface area contributed by atoms with Crippen molar-refractivity contribution < 1.29 is 22.0 Å². The lowest BCUT2D eigenvalue weighted by atomic mass is 10.0. The predicted octanol–water partition coefficient (Wildman–Crippen LogP) is 3.46. The number of hydrogen-bond acceptors (Lipinski definition) is 5. The highest BCUT2D eigenvalue weighted by Crippen LogP contribution is 2.23. The van der Waals surface area contributed by atoms with Crippen molar-refractivity contribution in [1.29, 1.82) is 5.26 Å². The molecule has 0 bridgehead atoms. The summed E-state index contributed by atoms with van der Waals surface area (Å²) >= 11 is 0. The Morgan fingerprint density at radius 3 is 2.62 bits per heavy atom. The van der Waals surface area contributed by atoms with Crippen LogP contribution in [0.3, 0.4) is 0 Å². The molecule has 0 fully saturated rings. The number of sulfonamides is 1. The van der Waals surface area contributed by atoms with Gasteiger partial charge in [0.15, 0.2) is 0 Å². The molecule has 1 aromatic carbocycles. The molecule has 32 heavy (non-hydrogen) atoms. The van der Waals surface area contributed by atoms with Crippen molar-refractivity contribution in [3.63, 3.8) is 0 Å². The van der Waals surface area contributed by atoms with E-state index < -0.39 is 34.1 Å². The topological polar surface area (TPSA) is 112 Å². The van der Waals surface area contributed by atoms with Crippen LogP contribution in [-0.4, -0.2) is 25.6 Å². The minimum absolute atomic E-state index is 0.0776. The Morgan fingerprint density at radius 1 is 1.31 bits per heavy atom. The van der Waals surface area contributed by atoms with Gasteiger partial charge >= 0.3 is 0 Å². The van der Waals surface area contributed by atoms with Gasteiger partial charge < -0.3 is 5.32 Å². The van der Waals surface area contributed by atoms with E-state index in [9.17, 15) is 27.3 Å². The van der Waals surface area contributed by atoms with Crippen molar-refractivity contribution in [2.24, 2.45) is 5.92 Å². The molecule has 1 amide bonds. The Kier molecular flexibility index (Phi) is 8.43. The molecule has 0 spiro atoms. The average molecular weight is 463 g/mol. The van der Waals surface area contributed by atoms with Crippen LogP contribution in [0.25, 0.3) is 6.08 Å². The molecule has 2 rings (SSSR count). The third-order valence-electron chi connectivity index (χ3n) is 4.24. The number of pyridine rings is 1. The zero-order valence-corrected chi connectivity index (χ0v) is 18.8. The van der Waals surface area contributed by atoms with Crippen LogP contribution >= 0.6 is 0 Å². The molecule has 0 unspecified atom stereocenters. The molecular weight excluding hydrogens is 438 g/mol. The zero-order valence-electron chi connectivity index (χ0n) is 17.9. The maximum atomic E-state index is 14.3. The molecule has 1 heterocycles. The number of benzene rings is 1. The van der Waals surface area contributed by atoms with E-state index in [0.29, 0.717) is 29.3 Å². The van der Waals surface area contributed by atoms with Gasteiger partial charge in [-0.15, -0.1) is 0 Å². The number of amides is 1. The minimum atomic E-state index is -3.77. The Bertz CT molecular complexity index is 1170. The van der Waals surface area contributed by atoms with Crippen LogP contribution in [0, 0.1) is 23.1 Å². The van der Waals surface area contributed by atoms with Crippen molar-refractivity contribution in [3.8, 4) is 6.07 Å². The van der Waals surface area contributed by atoms with E-state index in [1.165, 1.54) is 12.1 Å². The van der Waals surface area contributed by atoms with Crippen molar-refractivity contribution in [1.82, 2.24) is 10.3 Å². The highest BCUT2D eigenvalue weighted by Gasteiger charge is 2.15. The van der Waals surface area contributed by atoms with Crippen LogP contribution in [-0.2, 0) is 34.5 Å². The predicted molar refractivity (Wildman–Crippen MR) is 118 cm³/mol. The number of rotatable bonds is 9. The summed E-state index contributed by atoms with van der Waals surface area (Å²) in [5.74, 6) is -1.10. The number of anilines is 1. The molecule has 0 aliphatic heterocycles. The number of nitrogens with zero attached hydrogens (tertiary/aromatic N) is 2. The number of alkyl halides is 1. The van der Waals surface area contributed by atoms with Gasteiger partial charge in [0.25, 0.3) is 0 Å². The van der Waals surface area contributed by atoms with Gasteiger partial charge in [-0.05, 0) is 47.7 Å². The minimum Gasteiger partial charge on any atom is -0.348 e. The number of halogens is 2. The summed E-state index contributed by atoms with van der Waals surface area (Å²) < 4.78 is 51.9. The van der Waals surface area contributed by atoms with Crippen LogP contribution in [0.1, 0.15) is 41.9 Å². The molecule has 0 atom stereocenters. The molecule has 170 valence electrons. The standard InChI is InChI=1S/C22H24F2N4O3S/c1-14(2)8-20-16(4-6-18(11-23)27-20)5-7-21(29)26-13-15-9-17(12-25)22(19(24)10-15)28-32(3,30)31/h4-7,9-10,14,28H,8,11,13H2,1-3H3,(H,26,29)/b7-5+. The molecular formula is C22H24F2N4O3S. The fourth-order valence-electron chi connectivity index (χ4n) is 2.89. The van der Waals surface area contributed by atoms with E-state index in [0.717, 1.165) is 12.3 Å². The van der Waals surface area contributed by atoms with E-state index in [1.54, 1.807) is 24.3 Å².